The van der Waals surface area contributed by atoms with Crippen LogP contribution in [0.15, 0.2) is 11.4 Å². The van der Waals surface area contributed by atoms with Gasteiger partial charge in [-0.05, 0) is 54.7 Å². The Morgan fingerprint density at radius 2 is 2.10 bits per heavy atom. The van der Waals surface area contributed by atoms with E-state index in [0.717, 1.165) is 13.1 Å². The Hall–Kier alpha value is -0.380. The molecule has 2 heterocycles. The second-order valence-corrected chi connectivity index (χ2v) is 7.21. The number of nitrogens with zero attached hydrogens (tertiary/aromatic N) is 1. The smallest absolute Gasteiger partial charge is 0.0245 e. The van der Waals surface area contributed by atoms with Crippen LogP contribution in [0.1, 0.15) is 50.5 Å². The lowest BCUT2D eigenvalue weighted by Crippen LogP contribution is -2.45. The van der Waals surface area contributed by atoms with Crippen molar-refractivity contribution >= 4 is 11.3 Å². The lowest BCUT2D eigenvalue weighted by molar-refractivity contribution is 0.125. The summed E-state index contributed by atoms with van der Waals surface area (Å²) in [6.45, 7) is 12.9. The van der Waals surface area contributed by atoms with E-state index in [1.807, 2.05) is 11.3 Å². The summed E-state index contributed by atoms with van der Waals surface area (Å²) >= 11 is 1.93. The number of thiophene rings is 1. The summed E-state index contributed by atoms with van der Waals surface area (Å²) in [5, 5.41) is 5.91. The maximum absolute atomic E-state index is 3.66. The Labute approximate surface area is 128 Å². The molecule has 20 heavy (non-hydrogen) atoms. The molecule has 0 unspecified atom stereocenters. The van der Waals surface area contributed by atoms with Crippen molar-refractivity contribution < 1.29 is 0 Å². The number of hydrogen-bond acceptors (Lipinski definition) is 3. The van der Waals surface area contributed by atoms with Gasteiger partial charge in [0.2, 0.25) is 0 Å². The fourth-order valence-corrected chi connectivity index (χ4v) is 4.12. The Morgan fingerprint density at radius 1 is 1.30 bits per heavy atom. The van der Waals surface area contributed by atoms with Crippen LogP contribution in [-0.4, -0.2) is 31.1 Å². The van der Waals surface area contributed by atoms with Gasteiger partial charge in [-0.25, -0.2) is 0 Å². The molecule has 1 aromatic heterocycles. The van der Waals surface area contributed by atoms with E-state index in [1.54, 1.807) is 10.4 Å². The van der Waals surface area contributed by atoms with Gasteiger partial charge in [0.05, 0.1) is 0 Å². The first-order valence-corrected chi connectivity index (χ1v) is 9.09. The van der Waals surface area contributed by atoms with Crippen molar-refractivity contribution in [1.82, 2.24) is 10.2 Å². The zero-order valence-corrected chi connectivity index (χ0v) is 14.2. The molecule has 0 atom stereocenters. The molecule has 114 valence electrons. The van der Waals surface area contributed by atoms with E-state index in [-0.39, 0.29) is 0 Å². The average Bonchev–Trinajstić information content (AvgIpc) is 2.94. The van der Waals surface area contributed by atoms with Crippen LogP contribution in [0.5, 0.6) is 0 Å². The lowest BCUT2D eigenvalue weighted by Gasteiger charge is -2.39. The van der Waals surface area contributed by atoms with Crippen molar-refractivity contribution in [3.05, 3.63) is 21.9 Å². The van der Waals surface area contributed by atoms with E-state index in [4.69, 9.17) is 0 Å². The summed E-state index contributed by atoms with van der Waals surface area (Å²) in [4.78, 5) is 4.29. The maximum atomic E-state index is 3.66. The topological polar surface area (TPSA) is 15.3 Å². The van der Waals surface area contributed by atoms with E-state index < -0.39 is 0 Å². The number of hydrogen-bond donors (Lipinski definition) is 1. The van der Waals surface area contributed by atoms with Gasteiger partial charge in [-0.3, -0.25) is 4.90 Å². The minimum absolute atomic E-state index is 0.447. The predicted octanol–water partition coefficient (Wildman–Crippen LogP) is 3.91. The van der Waals surface area contributed by atoms with Gasteiger partial charge < -0.3 is 5.32 Å². The molecule has 3 heteroatoms. The number of fused-ring (bicyclic) bond motifs is 1. The molecule has 0 saturated carbocycles. The molecule has 1 aliphatic rings. The third kappa shape index (κ3) is 3.84. The van der Waals surface area contributed by atoms with Gasteiger partial charge in [-0.2, -0.15) is 0 Å². The molecular formula is C17H30N2S. The lowest BCUT2D eigenvalue weighted by atomic mass is 9.81. The van der Waals surface area contributed by atoms with E-state index in [0.29, 0.717) is 5.41 Å². The van der Waals surface area contributed by atoms with E-state index in [1.165, 1.54) is 45.3 Å². The highest BCUT2D eigenvalue weighted by Gasteiger charge is 2.30. The highest BCUT2D eigenvalue weighted by atomic mass is 32.1. The van der Waals surface area contributed by atoms with Crippen molar-refractivity contribution in [3.63, 3.8) is 0 Å². The Bertz CT molecular complexity index is 395. The predicted molar refractivity (Wildman–Crippen MR) is 89.5 cm³/mol. The van der Waals surface area contributed by atoms with Gasteiger partial charge in [0.1, 0.15) is 0 Å². The normalized spacial score (nSPS) is 16.4. The van der Waals surface area contributed by atoms with Crippen LogP contribution in [0.2, 0.25) is 0 Å². The summed E-state index contributed by atoms with van der Waals surface area (Å²) in [5.41, 5.74) is 2.02. The van der Waals surface area contributed by atoms with Crippen LogP contribution >= 0.6 is 11.3 Å². The third-order valence-corrected chi connectivity index (χ3v) is 5.90. The quantitative estimate of drug-likeness (QED) is 0.731. The summed E-state index contributed by atoms with van der Waals surface area (Å²) in [7, 11) is 0. The van der Waals surface area contributed by atoms with E-state index in [2.05, 4.69) is 42.4 Å². The Morgan fingerprint density at radius 3 is 2.80 bits per heavy atom. The standard InChI is InChI=1S/C17H30N2S/c1-4-9-18-13-17(5-2,6-3)14-19-10-7-16-15(12-19)8-11-20-16/h8,11,18H,4-7,9-10,12-14H2,1-3H3. The van der Waals surface area contributed by atoms with Crippen LogP contribution in [0, 0.1) is 5.41 Å². The zero-order chi connectivity index (χ0) is 14.4. The van der Waals surface area contributed by atoms with Gasteiger partial charge in [-0.1, -0.05) is 20.8 Å². The van der Waals surface area contributed by atoms with Crippen molar-refractivity contribution in [2.45, 2.75) is 53.0 Å². The van der Waals surface area contributed by atoms with Crippen molar-refractivity contribution in [2.24, 2.45) is 5.41 Å². The fourth-order valence-electron chi connectivity index (χ4n) is 3.23. The SMILES string of the molecule is CCCNCC(CC)(CC)CN1CCc2sccc2C1. The van der Waals surface area contributed by atoms with E-state index >= 15 is 0 Å². The summed E-state index contributed by atoms with van der Waals surface area (Å²) in [6, 6.07) is 2.32. The highest BCUT2D eigenvalue weighted by Crippen LogP contribution is 2.31. The molecule has 0 aromatic carbocycles. The van der Waals surface area contributed by atoms with Crippen LogP contribution in [0.4, 0.5) is 0 Å². The second-order valence-electron chi connectivity index (χ2n) is 6.21. The fraction of sp³-hybridized carbons (Fsp3) is 0.765. The Kier molecular flexibility index (Phi) is 6.06. The van der Waals surface area contributed by atoms with Crippen LogP contribution in [0.25, 0.3) is 0 Å². The number of rotatable bonds is 8. The molecule has 0 spiro atoms. The molecule has 0 bridgehead atoms. The van der Waals surface area contributed by atoms with E-state index in [9.17, 15) is 0 Å². The first-order valence-electron chi connectivity index (χ1n) is 8.21. The largest absolute Gasteiger partial charge is 0.316 e. The maximum Gasteiger partial charge on any atom is 0.0245 e. The summed E-state index contributed by atoms with van der Waals surface area (Å²) in [6.07, 6.45) is 5.02. The molecule has 2 rings (SSSR count). The Balaban J connectivity index is 1.94. The molecule has 2 nitrogen and oxygen atoms in total. The second kappa shape index (κ2) is 7.58. The van der Waals surface area contributed by atoms with Crippen molar-refractivity contribution in [3.8, 4) is 0 Å². The van der Waals surface area contributed by atoms with Gasteiger partial charge in [0.25, 0.3) is 0 Å². The van der Waals surface area contributed by atoms with Gasteiger partial charge in [-0.15, -0.1) is 11.3 Å². The first kappa shape index (κ1) is 16.0. The summed E-state index contributed by atoms with van der Waals surface area (Å²) in [5.74, 6) is 0. The molecule has 1 aliphatic heterocycles. The molecule has 0 radical (unpaired) electrons. The average molecular weight is 295 g/mol. The zero-order valence-electron chi connectivity index (χ0n) is 13.4. The van der Waals surface area contributed by atoms with Crippen LogP contribution in [-0.2, 0) is 13.0 Å². The van der Waals surface area contributed by atoms with Crippen LogP contribution in [0.3, 0.4) is 0 Å². The minimum atomic E-state index is 0.447. The molecule has 0 aliphatic carbocycles. The van der Waals surface area contributed by atoms with Crippen molar-refractivity contribution in [1.29, 1.82) is 0 Å². The molecule has 1 aromatic rings. The molecule has 1 N–H and O–H groups in total. The molecule has 0 fully saturated rings. The molecule has 0 saturated heterocycles. The van der Waals surface area contributed by atoms with Gasteiger partial charge in [0, 0.05) is 31.1 Å². The third-order valence-electron chi connectivity index (χ3n) is 4.87. The van der Waals surface area contributed by atoms with Gasteiger partial charge in [0.15, 0.2) is 0 Å². The first-order chi connectivity index (χ1) is 9.73. The molecular weight excluding hydrogens is 264 g/mol. The minimum Gasteiger partial charge on any atom is -0.316 e. The summed E-state index contributed by atoms with van der Waals surface area (Å²) < 4.78 is 0. The monoisotopic (exact) mass is 294 g/mol. The number of nitrogens with one attached hydrogen (secondary N) is 1. The van der Waals surface area contributed by atoms with Crippen molar-refractivity contribution in [2.75, 3.05) is 26.2 Å². The molecule has 0 amide bonds. The van der Waals surface area contributed by atoms with Crippen LogP contribution < -0.4 is 5.32 Å². The van der Waals surface area contributed by atoms with Gasteiger partial charge >= 0.3 is 0 Å². The highest BCUT2D eigenvalue weighted by molar-refractivity contribution is 7.10.